The molecule has 2 N–H and O–H groups in total. The Hall–Kier alpha value is -3.18. The van der Waals surface area contributed by atoms with Crippen LogP contribution in [-0.4, -0.2) is 138 Å². The Morgan fingerprint density at radius 3 is 2.57 bits per heavy atom. The van der Waals surface area contributed by atoms with Crippen LogP contribution in [0, 0.1) is 11.8 Å². The predicted molar refractivity (Wildman–Crippen MR) is 187 cm³/mol. The van der Waals surface area contributed by atoms with Gasteiger partial charge >= 0.3 is 6.09 Å². The molecule has 51 heavy (non-hydrogen) atoms. The number of alkyl carbamates (subject to hydrolysis) is 1. The molecule has 4 heterocycles. The van der Waals surface area contributed by atoms with Gasteiger partial charge in [0.25, 0.3) is 0 Å². The molecule has 0 radical (unpaired) electrons. The van der Waals surface area contributed by atoms with Gasteiger partial charge in [0.1, 0.15) is 11.9 Å². The summed E-state index contributed by atoms with van der Waals surface area (Å²) in [5.41, 5.74) is 0.826. The van der Waals surface area contributed by atoms with Gasteiger partial charge in [-0.15, -0.1) is 0 Å². The van der Waals surface area contributed by atoms with Crippen LogP contribution < -0.4 is 19.5 Å². The van der Waals surface area contributed by atoms with Gasteiger partial charge < -0.3 is 48.6 Å². The maximum absolute atomic E-state index is 14.0. The third-order valence-corrected chi connectivity index (χ3v) is 11.6. The molecular weight excluding hydrogens is 680 g/mol. The number of rotatable bonds is 16. The molecule has 4 aliphatic heterocycles. The van der Waals surface area contributed by atoms with Crippen molar-refractivity contribution in [1.82, 2.24) is 19.4 Å². The number of sulfonamides is 1. The zero-order chi connectivity index (χ0) is 36.0. The fourth-order valence-corrected chi connectivity index (χ4v) is 8.52. The Kier molecular flexibility index (Phi) is 12.6. The minimum atomic E-state index is -4.06. The van der Waals surface area contributed by atoms with E-state index in [-0.39, 0.29) is 55.9 Å². The zero-order valence-electron chi connectivity index (χ0n) is 29.8. The standard InChI is InChI=1S/C36H52N4O10S/c1-25(2)21-40(51(43,44)28-9-10-32-33(20-28)49-24-48-32)22-31(41)30(37-36(42)50-34-23-47-35-29(34)11-18-46-35)19-26-5-7-27(8-6-26)45-17-4-12-39-15-13-38(3)14-16-39/h5-10,20,25,29-31,34-35,41H,4,11-19,21-24H2,1-3H3,(H,37,42). The van der Waals surface area contributed by atoms with E-state index in [9.17, 15) is 18.3 Å². The first-order valence-corrected chi connectivity index (χ1v) is 19.4. The third-order valence-electron chi connectivity index (χ3n) is 9.81. The number of ether oxygens (including phenoxy) is 6. The summed E-state index contributed by atoms with van der Waals surface area (Å²) in [7, 11) is -1.91. The number of piperazine rings is 1. The Morgan fingerprint density at radius 1 is 1.04 bits per heavy atom. The lowest BCUT2D eigenvalue weighted by atomic mass is 10.0. The van der Waals surface area contributed by atoms with E-state index in [1.165, 1.54) is 16.4 Å². The van der Waals surface area contributed by atoms with Crippen LogP contribution >= 0.6 is 0 Å². The molecular formula is C36H52N4O10S. The number of nitrogens with zero attached hydrogens (tertiary/aromatic N) is 3. The molecule has 5 atom stereocenters. The van der Waals surface area contributed by atoms with E-state index < -0.39 is 34.4 Å². The number of carbonyl (C=O) groups excluding carboxylic acids is 1. The lowest BCUT2D eigenvalue weighted by molar-refractivity contribution is -0.0907. The van der Waals surface area contributed by atoms with Crippen LogP contribution in [-0.2, 0) is 30.7 Å². The number of amides is 1. The van der Waals surface area contributed by atoms with Crippen molar-refractivity contribution in [3.05, 3.63) is 48.0 Å². The monoisotopic (exact) mass is 732 g/mol. The maximum Gasteiger partial charge on any atom is 0.407 e. The van der Waals surface area contributed by atoms with Crippen molar-refractivity contribution in [3.63, 3.8) is 0 Å². The highest BCUT2D eigenvalue weighted by atomic mass is 32.2. The number of hydrogen-bond acceptors (Lipinski definition) is 12. The van der Waals surface area contributed by atoms with E-state index in [0.717, 1.165) is 56.9 Å². The molecule has 0 saturated carbocycles. The summed E-state index contributed by atoms with van der Waals surface area (Å²) in [6.45, 7) is 10.4. The van der Waals surface area contributed by atoms with Crippen molar-refractivity contribution in [2.24, 2.45) is 11.8 Å². The first-order valence-electron chi connectivity index (χ1n) is 18.0. The highest BCUT2D eigenvalue weighted by Gasteiger charge is 2.44. The zero-order valence-corrected chi connectivity index (χ0v) is 30.6. The van der Waals surface area contributed by atoms with Gasteiger partial charge in [-0.05, 0) is 62.1 Å². The van der Waals surface area contributed by atoms with Crippen LogP contribution in [0.5, 0.6) is 17.2 Å². The summed E-state index contributed by atoms with van der Waals surface area (Å²) in [5.74, 6) is 1.44. The molecule has 3 saturated heterocycles. The second-order valence-corrected chi connectivity index (χ2v) is 16.2. The molecule has 6 rings (SSSR count). The summed E-state index contributed by atoms with van der Waals surface area (Å²) in [5, 5.41) is 14.5. The first kappa shape index (κ1) is 37.6. The van der Waals surface area contributed by atoms with Crippen molar-refractivity contribution in [3.8, 4) is 17.2 Å². The van der Waals surface area contributed by atoms with Gasteiger partial charge in [0, 0.05) is 51.9 Å². The number of nitrogens with one attached hydrogen (secondary N) is 1. The fourth-order valence-electron chi connectivity index (χ4n) is 6.88. The molecule has 282 valence electrons. The van der Waals surface area contributed by atoms with Gasteiger partial charge in [0.05, 0.1) is 42.8 Å². The molecule has 2 aromatic rings. The number of carbonyl (C=O) groups is 1. The highest BCUT2D eigenvalue weighted by Crippen LogP contribution is 2.35. The van der Waals surface area contributed by atoms with Crippen LogP contribution in [0.4, 0.5) is 4.79 Å². The molecule has 1 amide bonds. The molecule has 5 unspecified atom stereocenters. The van der Waals surface area contributed by atoms with E-state index in [0.29, 0.717) is 24.7 Å². The first-order chi connectivity index (χ1) is 24.5. The topological polar surface area (TPSA) is 149 Å². The molecule has 14 nitrogen and oxygen atoms in total. The predicted octanol–water partition coefficient (Wildman–Crippen LogP) is 2.54. The summed E-state index contributed by atoms with van der Waals surface area (Å²) < 4.78 is 62.9. The van der Waals surface area contributed by atoms with Gasteiger partial charge in [-0.3, -0.25) is 0 Å². The minimum absolute atomic E-state index is 0.0160. The number of aliphatic hydroxyl groups excluding tert-OH is 1. The summed E-state index contributed by atoms with van der Waals surface area (Å²) in [6.07, 6.45) is -0.999. The number of likely N-dealkylation sites (N-methyl/N-ethyl adjacent to an activating group) is 1. The van der Waals surface area contributed by atoms with Crippen molar-refractivity contribution in [1.29, 1.82) is 0 Å². The van der Waals surface area contributed by atoms with Crippen LogP contribution in [0.15, 0.2) is 47.4 Å². The van der Waals surface area contributed by atoms with E-state index >= 15 is 0 Å². The summed E-state index contributed by atoms with van der Waals surface area (Å²) in [4.78, 5) is 18.1. The molecule has 15 heteroatoms. The van der Waals surface area contributed by atoms with Crippen molar-refractivity contribution >= 4 is 16.1 Å². The van der Waals surface area contributed by atoms with Gasteiger partial charge in [-0.1, -0.05) is 26.0 Å². The van der Waals surface area contributed by atoms with Crippen LogP contribution in [0.2, 0.25) is 0 Å². The van der Waals surface area contributed by atoms with Crippen molar-refractivity contribution < 1.29 is 46.7 Å². The SMILES string of the molecule is CC(C)CN(CC(O)C(Cc1ccc(OCCCN2CCN(C)CC2)cc1)NC(=O)OC1COC2OCCC12)S(=O)(=O)c1ccc2c(c1)OCO2. The number of aliphatic hydroxyl groups is 1. The second-order valence-electron chi connectivity index (χ2n) is 14.2. The van der Waals surface area contributed by atoms with E-state index in [1.54, 1.807) is 6.07 Å². The number of fused-ring (bicyclic) bond motifs is 2. The van der Waals surface area contributed by atoms with Crippen molar-refractivity contribution in [2.75, 3.05) is 79.5 Å². The Morgan fingerprint density at radius 2 is 1.80 bits per heavy atom. The van der Waals surface area contributed by atoms with Crippen molar-refractivity contribution in [2.45, 2.75) is 62.5 Å². The van der Waals surface area contributed by atoms with E-state index in [2.05, 4.69) is 22.2 Å². The quantitative estimate of drug-likeness (QED) is 0.245. The molecule has 0 bridgehead atoms. The highest BCUT2D eigenvalue weighted by molar-refractivity contribution is 7.89. The third kappa shape index (κ3) is 9.83. The van der Waals surface area contributed by atoms with Crippen LogP contribution in [0.25, 0.3) is 0 Å². The average molecular weight is 733 g/mol. The molecule has 4 aliphatic rings. The number of hydrogen-bond donors (Lipinski definition) is 2. The minimum Gasteiger partial charge on any atom is -0.494 e. The average Bonchev–Trinajstić information content (AvgIpc) is 3.86. The molecule has 0 aliphatic carbocycles. The normalized spacial score (nSPS) is 23.4. The fraction of sp³-hybridized carbons (Fsp3) is 0.639. The molecule has 2 aromatic carbocycles. The lowest BCUT2D eigenvalue weighted by Gasteiger charge is -2.32. The smallest absolute Gasteiger partial charge is 0.407 e. The van der Waals surface area contributed by atoms with Gasteiger partial charge in [-0.25, -0.2) is 13.2 Å². The Labute approximate surface area is 300 Å². The van der Waals surface area contributed by atoms with Gasteiger partial charge in [0.2, 0.25) is 16.8 Å². The van der Waals surface area contributed by atoms with E-state index in [4.69, 9.17) is 28.4 Å². The lowest BCUT2D eigenvalue weighted by Crippen LogP contribution is -2.51. The number of benzene rings is 2. The van der Waals surface area contributed by atoms with Crippen LogP contribution in [0.1, 0.15) is 32.3 Å². The Balaban J connectivity index is 1.12. The van der Waals surface area contributed by atoms with Gasteiger partial charge in [-0.2, -0.15) is 4.31 Å². The molecule has 0 aromatic heterocycles. The largest absolute Gasteiger partial charge is 0.494 e. The van der Waals surface area contributed by atoms with E-state index in [1.807, 2.05) is 38.1 Å². The Bertz CT molecular complexity index is 1550. The molecule has 0 spiro atoms. The maximum atomic E-state index is 14.0. The summed E-state index contributed by atoms with van der Waals surface area (Å²) >= 11 is 0. The van der Waals surface area contributed by atoms with Crippen LogP contribution in [0.3, 0.4) is 0 Å². The second kappa shape index (κ2) is 17.1. The summed E-state index contributed by atoms with van der Waals surface area (Å²) in [6, 6.07) is 11.1. The molecule has 3 fully saturated rings. The van der Waals surface area contributed by atoms with Gasteiger partial charge in [0.15, 0.2) is 17.8 Å².